The third-order valence-electron chi connectivity index (χ3n) is 3.49. The van der Waals surface area contributed by atoms with E-state index in [1.165, 1.54) is 17.0 Å². The molecule has 1 aromatic heterocycles. The largest absolute Gasteiger partial charge is 0.482 e. The molecule has 1 N–H and O–H groups in total. The number of nitrogens with zero attached hydrogens (tertiary/aromatic N) is 2. The Balaban J connectivity index is 1.62. The first-order chi connectivity index (χ1) is 11.0. The molecule has 1 saturated heterocycles. The second-order valence-electron chi connectivity index (χ2n) is 5.24. The molecule has 1 aliphatic rings. The minimum Gasteiger partial charge on any atom is -0.482 e. The van der Waals surface area contributed by atoms with Gasteiger partial charge in [-0.25, -0.2) is 8.78 Å². The summed E-state index contributed by atoms with van der Waals surface area (Å²) < 4.78 is 36.4. The van der Waals surface area contributed by atoms with Crippen molar-refractivity contribution in [2.45, 2.75) is 19.1 Å². The molecule has 122 valence electrons. The van der Waals surface area contributed by atoms with Crippen molar-refractivity contribution in [3.05, 3.63) is 47.4 Å². The summed E-state index contributed by atoms with van der Waals surface area (Å²) >= 11 is 0. The molecule has 1 aliphatic heterocycles. The van der Waals surface area contributed by atoms with Crippen LogP contribution in [0.25, 0.3) is 0 Å². The maximum atomic E-state index is 13.4. The number of hydrogen-bond acceptors (Lipinski definition) is 5. The summed E-state index contributed by atoms with van der Waals surface area (Å²) in [7, 11) is 0. The van der Waals surface area contributed by atoms with E-state index in [2.05, 4.69) is 5.16 Å². The van der Waals surface area contributed by atoms with Crippen molar-refractivity contribution in [2.24, 2.45) is 0 Å². The Hall–Kier alpha value is -2.48. The molecule has 0 bridgehead atoms. The number of hydrogen-bond donors (Lipinski definition) is 1. The van der Waals surface area contributed by atoms with Gasteiger partial charge in [0.25, 0.3) is 5.91 Å². The number of halogens is 2. The molecular formula is C15H14F2N2O4. The summed E-state index contributed by atoms with van der Waals surface area (Å²) in [4.78, 5) is 13.6. The number of benzene rings is 1. The van der Waals surface area contributed by atoms with E-state index < -0.39 is 17.7 Å². The SMILES string of the molecule is O=C(c1cc(COc2ccc(F)cc2F)on1)N1CC[C@@H](O)C1. The summed E-state index contributed by atoms with van der Waals surface area (Å²) in [6.45, 7) is 0.573. The molecule has 1 atom stereocenters. The zero-order valence-electron chi connectivity index (χ0n) is 12.0. The Kier molecular flexibility index (Phi) is 4.24. The number of carbonyl (C=O) groups excluding carboxylic acids is 1. The van der Waals surface area contributed by atoms with E-state index in [1.807, 2.05) is 0 Å². The van der Waals surface area contributed by atoms with Gasteiger partial charge in [0.1, 0.15) is 12.4 Å². The smallest absolute Gasteiger partial charge is 0.276 e. The first-order valence-corrected chi connectivity index (χ1v) is 7.03. The van der Waals surface area contributed by atoms with Crippen LogP contribution in [-0.2, 0) is 6.61 Å². The molecule has 23 heavy (non-hydrogen) atoms. The summed E-state index contributed by atoms with van der Waals surface area (Å²) in [6, 6.07) is 4.35. The van der Waals surface area contributed by atoms with E-state index in [0.717, 1.165) is 6.07 Å². The second kappa shape index (κ2) is 6.33. The normalized spacial score (nSPS) is 17.5. The van der Waals surface area contributed by atoms with E-state index in [1.54, 1.807) is 0 Å². The van der Waals surface area contributed by atoms with Crippen LogP contribution in [-0.4, -0.2) is 40.3 Å². The predicted octanol–water partition coefficient (Wildman–Crippen LogP) is 1.74. The van der Waals surface area contributed by atoms with Crippen LogP contribution >= 0.6 is 0 Å². The number of aliphatic hydroxyl groups is 1. The molecule has 6 nitrogen and oxygen atoms in total. The molecule has 3 rings (SSSR count). The Bertz CT molecular complexity index is 719. The fourth-order valence-electron chi connectivity index (χ4n) is 2.31. The molecule has 2 aromatic rings. The Morgan fingerprint density at radius 2 is 2.26 bits per heavy atom. The number of aliphatic hydroxyl groups excluding tert-OH is 1. The highest BCUT2D eigenvalue weighted by Crippen LogP contribution is 2.20. The molecule has 1 amide bonds. The molecule has 0 spiro atoms. The molecule has 0 aliphatic carbocycles. The standard InChI is InChI=1S/C15H14F2N2O4/c16-9-1-2-14(12(17)5-9)22-8-11-6-13(18-23-11)15(21)19-4-3-10(20)7-19/h1-2,5-6,10,20H,3-4,7-8H2/t10-/m1/s1. The summed E-state index contributed by atoms with van der Waals surface area (Å²) in [5, 5.41) is 13.1. The van der Waals surface area contributed by atoms with Gasteiger partial charge < -0.3 is 19.3 Å². The van der Waals surface area contributed by atoms with Crippen LogP contribution in [0.4, 0.5) is 8.78 Å². The van der Waals surface area contributed by atoms with Crippen molar-refractivity contribution in [3.63, 3.8) is 0 Å². The molecule has 0 unspecified atom stereocenters. The molecular weight excluding hydrogens is 310 g/mol. The van der Waals surface area contributed by atoms with E-state index in [9.17, 15) is 18.7 Å². The van der Waals surface area contributed by atoms with Crippen LogP contribution in [0.3, 0.4) is 0 Å². The van der Waals surface area contributed by atoms with Gasteiger partial charge in [0.15, 0.2) is 23.0 Å². The lowest BCUT2D eigenvalue weighted by atomic mass is 10.3. The molecule has 0 saturated carbocycles. The number of rotatable bonds is 4. The lowest BCUT2D eigenvalue weighted by molar-refractivity contribution is 0.0754. The number of amides is 1. The van der Waals surface area contributed by atoms with E-state index in [-0.39, 0.29) is 36.3 Å². The van der Waals surface area contributed by atoms with Crippen LogP contribution in [0, 0.1) is 11.6 Å². The highest BCUT2D eigenvalue weighted by Gasteiger charge is 2.27. The maximum Gasteiger partial charge on any atom is 0.276 e. The van der Waals surface area contributed by atoms with Crippen LogP contribution in [0.2, 0.25) is 0 Å². The average molecular weight is 324 g/mol. The fourth-order valence-corrected chi connectivity index (χ4v) is 2.31. The van der Waals surface area contributed by atoms with Gasteiger partial charge >= 0.3 is 0 Å². The lowest BCUT2D eigenvalue weighted by Crippen LogP contribution is -2.29. The quantitative estimate of drug-likeness (QED) is 0.927. The van der Waals surface area contributed by atoms with Crippen LogP contribution in [0.15, 0.2) is 28.8 Å². The van der Waals surface area contributed by atoms with Crippen LogP contribution < -0.4 is 4.74 Å². The van der Waals surface area contributed by atoms with Gasteiger partial charge in [0.05, 0.1) is 6.10 Å². The first-order valence-electron chi connectivity index (χ1n) is 7.03. The predicted molar refractivity (Wildman–Crippen MR) is 73.7 cm³/mol. The van der Waals surface area contributed by atoms with Crippen molar-refractivity contribution in [1.29, 1.82) is 0 Å². The third kappa shape index (κ3) is 3.48. The van der Waals surface area contributed by atoms with Crippen molar-refractivity contribution in [2.75, 3.05) is 13.1 Å². The third-order valence-corrected chi connectivity index (χ3v) is 3.49. The average Bonchev–Trinajstić information content (AvgIpc) is 3.15. The highest BCUT2D eigenvalue weighted by molar-refractivity contribution is 5.92. The van der Waals surface area contributed by atoms with Gasteiger partial charge in [-0.2, -0.15) is 0 Å². The van der Waals surface area contributed by atoms with E-state index >= 15 is 0 Å². The minimum atomic E-state index is -0.827. The Morgan fingerprint density at radius 1 is 1.43 bits per heavy atom. The van der Waals surface area contributed by atoms with Crippen molar-refractivity contribution in [3.8, 4) is 5.75 Å². The molecule has 2 heterocycles. The summed E-state index contributed by atoms with van der Waals surface area (Å²) in [6.07, 6.45) is 0.0127. The van der Waals surface area contributed by atoms with Gasteiger partial charge in [-0.3, -0.25) is 4.79 Å². The zero-order valence-corrected chi connectivity index (χ0v) is 12.0. The highest BCUT2D eigenvalue weighted by atomic mass is 19.1. The van der Waals surface area contributed by atoms with E-state index in [0.29, 0.717) is 19.0 Å². The number of aromatic nitrogens is 1. The van der Waals surface area contributed by atoms with Gasteiger partial charge in [0.2, 0.25) is 0 Å². The van der Waals surface area contributed by atoms with E-state index in [4.69, 9.17) is 9.26 Å². The van der Waals surface area contributed by atoms with Crippen LogP contribution in [0.1, 0.15) is 22.7 Å². The topological polar surface area (TPSA) is 75.8 Å². The Morgan fingerprint density at radius 3 is 2.96 bits per heavy atom. The number of carbonyl (C=O) groups is 1. The summed E-state index contributed by atoms with van der Waals surface area (Å²) in [5.74, 6) is -1.76. The van der Waals surface area contributed by atoms with Gasteiger partial charge in [-0.1, -0.05) is 5.16 Å². The van der Waals surface area contributed by atoms with Crippen molar-refractivity contribution >= 4 is 5.91 Å². The van der Waals surface area contributed by atoms with Gasteiger partial charge in [-0.15, -0.1) is 0 Å². The molecule has 1 fully saturated rings. The fraction of sp³-hybridized carbons (Fsp3) is 0.333. The monoisotopic (exact) mass is 324 g/mol. The van der Waals surface area contributed by atoms with Gasteiger partial charge in [-0.05, 0) is 18.6 Å². The number of likely N-dealkylation sites (tertiary alicyclic amines) is 1. The summed E-state index contributed by atoms with van der Waals surface area (Å²) in [5.41, 5.74) is 0.0947. The molecule has 8 heteroatoms. The Labute approximate surface area is 130 Å². The maximum absolute atomic E-state index is 13.4. The van der Waals surface area contributed by atoms with Crippen molar-refractivity contribution in [1.82, 2.24) is 10.1 Å². The minimum absolute atomic E-state index is 0.0947. The number of ether oxygens (including phenoxy) is 1. The molecule has 0 radical (unpaired) electrons. The second-order valence-corrected chi connectivity index (χ2v) is 5.24. The first kappa shape index (κ1) is 15.4. The zero-order chi connectivity index (χ0) is 16.4. The molecule has 1 aromatic carbocycles. The lowest BCUT2D eigenvalue weighted by Gasteiger charge is -2.12. The van der Waals surface area contributed by atoms with Gasteiger partial charge in [0, 0.05) is 25.2 Å². The van der Waals surface area contributed by atoms with Crippen LogP contribution in [0.5, 0.6) is 5.75 Å². The van der Waals surface area contributed by atoms with Crippen molar-refractivity contribution < 1.29 is 27.9 Å². The number of β-amino-alcohol motifs (C(OH)–C–C–N with tert-alkyl or cyclic N) is 1.